The largest absolute Gasteiger partial charge is 0.508 e. The SMILES string of the molecule is CCCCOC(=O)OCCCCOP(=O)(NC1CCCCC1)OCCCCOC(=O)OCCCC. The van der Waals surface area contributed by atoms with Crippen LogP contribution in [0.2, 0.25) is 0 Å². The van der Waals surface area contributed by atoms with Crippen LogP contribution in [0.3, 0.4) is 0 Å². The minimum atomic E-state index is -3.47. The molecule has 0 aromatic carbocycles. The first kappa shape index (κ1) is 31.7. The minimum absolute atomic E-state index is 0.108. The van der Waals surface area contributed by atoms with Gasteiger partial charge in [0.2, 0.25) is 0 Å². The topological polar surface area (TPSA) is 119 Å². The fraction of sp³-hybridized carbons (Fsp3) is 0.917. The Kier molecular flexibility index (Phi) is 18.8. The highest BCUT2D eigenvalue weighted by molar-refractivity contribution is 7.51. The summed E-state index contributed by atoms with van der Waals surface area (Å²) in [5.41, 5.74) is 0. The van der Waals surface area contributed by atoms with Crippen LogP contribution in [0.15, 0.2) is 0 Å². The molecule has 35 heavy (non-hydrogen) atoms. The van der Waals surface area contributed by atoms with Crippen molar-refractivity contribution in [3.8, 4) is 0 Å². The molecule has 0 bridgehead atoms. The summed E-state index contributed by atoms with van der Waals surface area (Å²) in [7, 11) is -3.47. The standard InChI is InChI=1S/C24H46NO9P/c1-3-5-16-29-23(26)31-18-10-12-20-33-35(28,25-22-14-8-7-9-15-22)34-21-13-11-19-32-24(27)30-17-6-4-2/h22H,3-21H2,1-2H3,(H,25,28). The van der Waals surface area contributed by atoms with E-state index in [1.165, 1.54) is 6.42 Å². The average Bonchev–Trinajstić information content (AvgIpc) is 2.84. The molecule has 0 heterocycles. The lowest BCUT2D eigenvalue weighted by atomic mass is 9.96. The number of carbonyl (C=O) groups is 2. The Balaban J connectivity index is 2.27. The number of hydrogen-bond acceptors (Lipinski definition) is 9. The van der Waals surface area contributed by atoms with Gasteiger partial charge >= 0.3 is 20.1 Å². The first-order chi connectivity index (χ1) is 17.0. The van der Waals surface area contributed by atoms with E-state index in [2.05, 4.69) is 5.09 Å². The Morgan fingerprint density at radius 2 is 1.06 bits per heavy atom. The molecule has 0 aromatic heterocycles. The monoisotopic (exact) mass is 523 g/mol. The van der Waals surface area contributed by atoms with Gasteiger partial charge in [0.25, 0.3) is 0 Å². The summed E-state index contributed by atoms with van der Waals surface area (Å²) in [6, 6.07) is 0.108. The summed E-state index contributed by atoms with van der Waals surface area (Å²) in [5.74, 6) is 0. The van der Waals surface area contributed by atoms with Crippen molar-refractivity contribution in [1.82, 2.24) is 5.09 Å². The van der Waals surface area contributed by atoms with Gasteiger partial charge in [-0.3, -0.25) is 9.05 Å². The van der Waals surface area contributed by atoms with Crippen LogP contribution in [-0.4, -0.2) is 58.0 Å². The molecule has 0 spiro atoms. The summed E-state index contributed by atoms with van der Waals surface area (Å²) in [6.07, 6.45) is 9.72. The average molecular weight is 524 g/mol. The van der Waals surface area contributed by atoms with Gasteiger partial charge < -0.3 is 18.9 Å². The molecular weight excluding hydrogens is 477 g/mol. The van der Waals surface area contributed by atoms with Gasteiger partial charge in [0.15, 0.2) is 0 Å². The molecule has 1 aliphatic rings. The van der Waals surface area contributed by atoms with Gasteiger partial charge in [-0.05, 0) is 51.4 Å². The van der Waals surface area contributed by atoms with E-state index in [1.54, 1.807) is 0 Å². The van der Waals surface area contributed by atoms with Crippen molar-refractivity contribution >= 4 is 20.1 Å². The maximum atomic E-state index is 13.3. The van der Waals surface area contributed by atoms with E-state index in [9.17, 15) is 14.2 Å². The van der Waals surface area contributed by atoms with Gasteiger partial charge in [-0.25, -0.2) is 19.2 Å². The number of carbonyl (C=O) groups excluding carboxylic acids is 2. The van der Waals surface area contributed by atoms with Crippen LogP contribution in [-0.2, 0) is 32.6 Å². The molecule has 0 saturated heterocycles. The summed E-state index contributed by atoms with van der Waals surface area (Å²) < 4.78 is 44.5. The van der Waals surface area contributed by atoms with Gasteiger partial charge in [-0.1, -0.05) is 46.0 Å². The Morgan fingerprint density at radius 3 is 1.49 bits per heavy atom. The summed E-state index contributed by atoms with van der Waals surface area (Å²) in [5, 5.41) is 3.11. The Labute approximate surface area is 210 Å². The van der Waals surface area contributed by atoms with E-state index in [4.69, 9.17) is 28.0 Å². The number of ether oxygens (including phenoxy) is 4. The third-order valence-electron chi connectivity index (χ3n) is 5.42. The first-order valence-electron chi connectivity index (χ1n) is 13.2. The van der Waals surface area contributed by atoms with Crippen molar-refractivity contribution in [3.63, 3.8) is 0 Å². The van der Waals surface area contributed by atoms with Crippen molar-refractivity contribution < 1.29 is 42.1 Å². The second-order valence-electron chi connectivity index (χ2n) is 8.64. The van der Waals surface area contributed by atoms with Crippen LogP contribution in [0.25, 0.3) is 0 Å². The maximum absolute atomic E-state index is 13.3. The molecule has 0 amide bonds. The third kappa shape index (κ3) is 17.7. The number of rotatable bonds is 20. The van der Waals surface area contributed by atoms with Crippen LogP contribution in [0.4, 0.5) is 9.59 Å². The van der Waals surface area contributed by atoms with E-state index in [0.717, 1.165) is 51.4 Å². The minimum Gasteiger partial charge on any atom is -0.434 e. The van der Waals surface area contributed by atoms with Gasteiger partial charge in [-0.15, -0.1) is 0 Å². The van der Waals surface area contributed by atoms with Crippen LogP contribution in [0, 0.1) is 0 Å². The van der Waals surface area contributed by atoms with Crippen LogP contribution in [0.1, 0.15) is 97.3 Å². The number of nitrogens with one attached hydrogen (secondary N) is 1. The van der Waals surface area contributed by atoms with Crippen molar-refractivity contribution in [1.29, 1.82) is 0 Å². The number of unbranched alkanes of at least 4 members (excludes halogenated alkanes) is 4. The molecule has 206 valence electrons. The molecule has 1 fully saturated rings. The highest BCUT2D eigenvalue weighted by atomic mass is 31.2. The fourth-order valence-electron chi connectivity index (χ4n) is 3.34. The lowest BCUT2D eigenvalue weighted by Crippen LogP contribution is -2.30. The summed E-state index contributed by atoms with van der Waals surface area (Å²) in [6.45, 7) is 5.63. The quantitative estimate of drug-likeness (QED) is 0.107. The zero-order valence-electron chi connectivity index (χ0n) is 21.6. The van der Waals surface area contributed by atoms with Crippen molar-refractivity contribution in [2.75, 3.05) is 39.6 Å². The van der Waals surface area contributed by atoms with Crippen LogP contribution < -0.4 is 5.09 Å². The molecule has 0 atom stereocenters. The zero-order chi connectivity index (χ0) is 25.6. The molecule has 1 rings (SSSR count). The van der Waals surface area contributed by atoms with Crippen molar-refractivity contribution in [3.05, 3.63) is 0 Å². The van der Waals surface area contributed by atoms with Gasteiger partial charge in [0, 0.05) is 6.04 Å². The number of hydrogen-bond donors (Lipinski definition) is 1. The highest BCUT2D eigenvalue weighted by Gasteiger charge is 2.29. The smallest absolute Gasteiger partial charge is 0.434 e. The normalized spacial score (nSPS) is 14.5. The molecule has 1 N–H and O–H groups in total. The summed E-state index contributed by atoms with van der Waals surface area (Å²) >= 11 is 0. The van der Waals surface area contributed by atoms with E-state index < -0.39 is 20.1 Å². The summed E-state index contributed by atoms with van der Waals surface area (Å²) in [4.78, 5) is 22.9. The second-order valence-corrected chi connectivity index (χ2v) is 10.4. The Morgan fingerprint density at radius 1 is 0.657 bits per heavy atom. The zero-order valence-corrected chi connectivity index (χ0v) is 22.5. The molecule has 0 radical (unpaired) electrons. The van der Waals surface area contributed by atoms with Crippen molar-refractivity contribution in [2.45, 2.75) is 103 Å². The van der Waals surface area contributed by atoms with Crippen LogP contribution in [0.5, 0.6) is 0 Å². The molecule has 11 heteroatoms. The van der Waals surface area contributed by atoms with E-state index in [0.29, 0.717) is 38.9 Å². The first-order valence-corrected chi connectivity index (χ1v) is 14.8. The Bertz CT molecular complexity index is 562. The predicted molar refractivity (Wildman–Crippen MR) is 132 cm³/mol. The predicted octanol–water partition coefficient (Wildman–Crippen LogP) is 6.52. The maximum Gasteiger partial charge on any atom is 0.508 e. The van der Waals surface area contributed by atoms with Gasteiger partial charge in [-0.2, -0.15) is 0 Å². The lowest BCUT2D eigenvalue weighted by molar-refractivity contribution is 0.0521. The third-order valence-corrected chi connectivity index (χ3v) is 7.15. The van der Waals surface area contributed by atoms with E-state index >= 15 is 0 Å². The molecule has 0 aromatic rings. The van der Waals surface area contributed by atoms with Gasteiger partial charge in [0.1, 0.15) is 0 Å². The van der Waals surface area contributed by atoms with E-state index in [1.807, 2.05) is 13.8 Å². The molecule has 1 aliphatic carbocycles. The van der Waals surface area contributed by atoms with E-state index in [-0.39, 0.29) is 32.5 Å². The van der Waals surface area contributed by atoms with Gasteiger partial charge in [0.05, 0.1) is 39.6 Å². The molecule has 1 saturated carbocycles. The molecule has 0 unspecified atom stereocenters. The molecule has 10 nitrogen and oxygen atoms in total. The highest BCUT2D eigenvalue weighted by Crippen LogP contribution is 2.46. The molecular formula is C24H46NO9P. The Hall–Kier alpha value is -1.35. The fourth-order valence-corrected chi connectivity index (χ4v) is 5.01. The van der Waals surface area contributed by atoms with Crippen LogP contribution >= 0.6 is 7.75 Å². The molecule has 0 aliphatic heterocycles. The lowest BCUT2D eigenvalue weighted by Gasteiger charge is -2.27. The second kappa shape index (κ2) is 20.8. The van der Waals surface area contributed by atoms with Crippen molar-refractivity contribution in [2.24, 2.45) is 0 Å².